The van der Waals surface area contributed by atoms with Crippen LogP contribution in [0.25, 0.3) is 0 Å². The summed E-state index contributed by atoms with van der Waals surface area (Å²) in [5.74, 6) is 0.703. The van der Waals surface area contributed by atoms with Crippen LogP contribution in [0.5, 0.6) is 0 Å². The molecule has 0 rings (SSSR count). The molecule has 0 radical (unpaired) electrons. The number of hydrogen-bond donors (Lipinski definition) is 0. The molecule has 2 unspecified atom stereocenters. The highest BCUT2D eigenvalue weighted by Gasteiger charge is 2.32. The summed E-state index contributed by atoms with van der Waals surface area (Å²) in [6.07, 6.45) is 12.0. The fourth-order valence-corrected chi connectivity index (χ4v) is 4.49. The third-order valence-corrected chi connectivity index (χ3v) is 6.26. The molecule has 0 aromatic heterocycles. The van der Waals surface area contributed by atoms with Gasteiger partial charge in [-0.25, -0.2) is 0 Å². The highest BCUT2D eigenvalue weighted by Crippen LogP contribution is 2.43. The van der Waals surface area contributed by atoms with E-state index >= 15 is 0 Å². The molecular formula is C21H39P. The third kappa shape index (κ3) is 7.28. The van der Waals surface area contributed by atoms with E-state index in [-0.39, 0.29) is 5.41 Å². The second kappa shape index (κ2) is 11.2. The summed E-state index contributed by atoms with van der Waals surface area (Å²) in [5, 5.41) is 1.64. The Morgan fingerprint density at radius 1 is 1.23 bits per heavy atom. The average molecular weight is 323 g/mol. The molecular weight excluding hydrogens is 283 g/mol. The van der Waals surface area contributed by atoms with Crippen molar-refractivity contribution in [1.82, 2.24) is 0 Å². The summed E-state index contributed by atoms with van der Waals surface area (Å²) in [4.78, 5) is 0. The first kappa shape index (κ1) is 21.6. The normalized spacial score (nSPS) is 17.5. The molecule has 0 spiro atoms. The smallest absolute Gasteiger partial charge is 0.00485 e. The molecule has 0 saturated heterocycles. The summed E-state index contributed by atoms with van der Waals surface area (Å²) in [7, 11) is 1.53. The van der Waals surface area contributed by atoms with Gasteiger partial charge >= 0.3 is 0 Å². The molecule has 0 nitrogen and oxygen atoms in total. The van der Waals surface area contributed by atoms with Gasteiger partial charge in [0.05, 0.1) is 0 Å². The maximum absolute atomic E-state index is 4.23. The molecule has 0 amide bonds. The number of hydrogen-bond acceptors (Lipinski definition) is 0. The fourth-order valence-electron chi connectivity index (χ4n) is 3.32. The molecule has 0 aliphatic heterocycles. The molecule has 128 valence electrons. The Hall–Kier alpha value is -0.350. The van der Waals surface area contributed by atoms with Gasteiger partial charge in [0.15, 0.2) is 0 Å². The van der Waals surface area contributed by atoms with E-state index in [4.69, 9.17) is 0 Å². The lowest BCUT2D eigenvalue weighted by Crippen LogP contribution is -2.27. The zero-order valence-electron chi connectivity index (χ0n) is 16.2. The van der Waals surface area contributed by atoms with E-state index in [1.54, 1.807) is 10.9 Å². The molecule has 0 bridgehead atoms. The van der Waals surface area contributed by atoms with Crippen molar-refractivity contribution in [1.29, 1.82) is 0 Å². The monoisotopic (exact) mass is 322 g/mol. The van der Waals surface area contributed by atoms with Gasteiger partial charge in [0.25, 0.3) is 0 Å². The zero-order chi connectivity index (χ0) is 17.2. The molecule has 0 aromatic carbocycles. The van der Waals surface area contributed by atoms with Crippen molar-refractivity contribution in [3.8, 4) is 0 Å². The standard InChI is InChI=1S/C21H39P/c1-9-18(7)21(12-4,16-20(10-2)11-3)15-13-14-19(8)22-17(5)6/h10,12,17-18H,4,9,11,13-16H2,1-3,5-8H3/b20-10-. The molecule has 1 heteroatoms. The summed E-state index contributed by atoms with van der Waals surface area (Å²) < 4.78 is 0. The molecule has 2 atom stereocenters. The van der Waals surface area contributed by atoms with Crippen LogP contribution in [0.4, 0.5) is 0 Å². The lowest BCUT2D eigenvalue weighted by molar-refractivity contribution is 0.213. The topological polar surface area (TPSA) is 0 Å². The van der Waals surface area contributed by atoms with Crippen LogP contribution in [0.15, 0.2) is 24.3 Å². The molecule has 0 saturated carbocycles. The van der Waals surface area contributed by atoms with E-state index in [0.29, 0.717) is 5.92 Å². The van der Waals surface area contributed by atoms with Crippen molar-refractivity contribution in [2.24, 2.45) is 11.3 Å². The van der Waals surface area contributed by atoms with Crippen LogP contribution in [0, 0.1) is 11.3 Å². The maximum Gasteiger partial charge on any atom is -0.00485 e. The van der Waals surface area contributed by atoms with Crippen molar-refractivity contribution in [3.05, 3.63) is 24.3 Å². The minimum Gasteiger partial charge on any atom is -0.103 e. The predicted molar refractivity (Wildman–Crippen MR) is 107 cm³/mol. The summed E-state index contributed by atoms with van der Waals surface area (Å²) in [5.41, 5.74) is 2.62. The lowest BCUT2D eigenvalue weighted by atomic mass is 9.67. The number of rotatable bonds is 11. The van der Waals surface area contributed by atoms with Gasteiger partial charge in [-0.15, -0.1) is 14.8 Å². The molecule has 0 aliphatic carbocycles. The van der Waals surface area contributed by atoms with E-state index in [1.165, 1.54) is 46.7 Å². The van der Waals surface area contributed by atoms with Gasteiger partial charge in [-0.1, -0.05) is 58.8 Å². The van der Waals surface area contributed by atoms with Gasteiger partial charge in [-0.3, -0.25) is 0 Å². The SMILES string of the molecule is C=CC(CCCC(C)=PC(C)C)(C/C(=C\C)CC)C(C)CC. The van der Waals surface area contributed by atoms with Crippen LogP contribution < -0.4 is 0 Å². The van der Waals surface area contributed by atoms with Crippen LogP contribution in [-0.4, -0.2) is 11.0 Å². The van der Waals surface area contributed by atoms with Crippen molar-refractivity contribution < 1.29 is 0 Å². The van der Waals surface area contributed by atoms with Gasteiger partial charge in [-0.2, -0.15) is 0 Å². The van der Waals surface area contributed by atoms with Crippen molar-refractivity contribution in [2.75, 3.05) is 0 Å². The van der Waals surface area contributed by atoms with E-state index in [2.05, 4.69) is 67.2 Å². The minimum absolute atomic E-state index is 0.279. The Bertz CT molecular complexity index is 375. The maximum atomic E-state index is 4.23. The van der Waals surface area contributed by atoms with Crippen LogP contribution in [0.3, 0.4) is 0 Å². The Balaban J connectivity index is 4.98. The fraction of sp³-hybridized carbons (Fsp3) is 0.762. The Kier molecular flexibility index (Phi) is 11.0. The highest BCUT2D eigenvalue weighted by molar-refractivity contribution is 7.41. The quantitative estimate of drug-likeness (QED) is 0.270. The Morgan fingerprint density at radius 3 is 2.27 bits per heavy atom. The first-order valence-electron chi connectivity index (χ1n) is 9.16. The second-order valence-corrected chi connectivity index (χ2v) is 9.09. The van der Waals surface area contributed by atoms with Crippen molar-refractivity contribution in [2.45, 2.75) is 92.7 Å². The van der Waals surface area contributed by atoms with Crippen LogP contribution in [-0.2, 0) is 0 Å². The van der Waals surface area contributed by atoms with Gasteiger partial charge in [0, 0.05) is 0 Å². The average Bonchev–Trinajstić information content (AvgIpc) is 2.49. The second-order valence-electron chi connectivity index (χ2n) is 7.04. The number of allylic oxidation sites excluding steroid dienone is 3. The minimum atomic E-state index is 0.279. The summed E-state index contributed by atoms with van der Waals surface area (Å²) in [6, 6.07) is 0. The summed E-state index contributed by atoms with van der Waals surface area (Å²) in [6.45, 7) is 20.4. The highest BCUT2D eigenvalue weighted by atomic mass is 31.1. The van der Waals surface area contributed by atoms with Gasteiger partial charge in [0.2, 0.25) is 0 Å². The zero-order valence-corrected chi connectivity index (χ0v) is 17.1. The molecule has 0 N–H and O–H groups in total. The summed E-state index contributed by atoms with van der Waals surface area (Å²) >= 11 is 0. The molecule has 0 fully saturated rings. The van der Waals surface area contributed by atoms with Crippen molar-refractivity contribution >= 4 is 13.5 Å². The van der Waals surface area contributed by atoms with E-state index in [1.807, 2.05) is 0 Å². The molecule has 0 aliphatic rings. The first-order valence-corrected chi connectivity index (χ1v) is 10.1. The largest absolute Gasteiger partial charge is 0.103 e. The van der Waals surface area contributed by atoms with E-state index < -0.39 is 0 Å². The van der Waals surface area contributed by atoms with Crippen molar-refractivity contribution in [3.63, 3.8) is 0 Å². The Morgan fingerprint density at radius 2 is 1.86 bits per heavy atom. The van der Waals surface area contributed by atoms with Gasteiger partial charge in [0.1, 0.15) is 0 Å². The Labute approximate surface area is 142 Å². The van der Waals surface area contributed by atoms with E-state index in [9.17, 15) is 0 Å². The van der Waals surface area contributed by atoms with Gasteiger partial charge < -0.3 is 0 Å². The molecule has 0 heterocycles. The molecule has 22 heavy (non-hydrogen) atoms. The molecule has 0 aromatic rings. The van der Waals surface area contributed by atoms with Crippen LogP contribution in [0.1, 0.15) is 87.0 Å². The predicted octanol–water partition coefficient (Wildman–Crippen LogP) is 7.67. The lowest BCUT2D eigenvalue weighted by Gasteiger charge is -2.37. The van der Waals surface area contributed by atoms with Crippen LogP contribution >= 0.6 is 8.20 Å². The van der Waals surface area contributed by atoms with Gasteiger partial charge in [-0.05, 0) is 68.2 Å². The van der Waals surface area contributed by atoms with Crippen LogP contribution in [0.2, 0.25) is 0 Å². The van der Waals surface area contributed by atoms with E-state index in [0.717, 1.165) is 5.66 Å². The third-order valence-electron chi connectivity index (χ3n) is 5.08. The first-order chi connectivity index (χ1) is 10.3.